The number of benzene rings is 2. The van der Waals surface area contributed by atoms with Gasteiger partial charge in [0.2, 0.25) is 5.95 Å². The number of hydrogen-bond acceptors (Lipinski definition) is 2. The quantitative estimate of drug-likeness (QED) is 0.736. The lowest BCUT2D eigenvalue weighted by molar-refractivity contribution is 0.620. The van der Waals surface area contributed by atoms with Crippen LogP contribution < -0.4 is 5.32 Å². The number of halogens is 2. The SMILES string of the molecule is Cc1cc(F)c(Br)cc1Nc1nccn1-c1ccccc1. The summed E-state index contributed by atoms with van der Waals surface area (Å²) in [5.41, 5.74) is 2.64. The minimum absolute atomic E-state index is 0.274. The van der Waals surface area contributed by atoms with Gasteiger partial charge in [-0.15, -0.1) is 0 Å². The summed E-state index contributed by atoms with van der Waals surface area (Å²) in [6.45, 7) is 1.85. The van der Waals surface area contributed by atoms with Crippen molar-refractivity contribution in [1.82, 2.24) is 9.55 Å². The van der Waals surface area contributed by atoms with Crippen LogP contribution in [0.4, 0.5) is 16.0 Å². The third kappa shape index (κ3) is 2.83. The third-order valence-corrected chi connectivity index (χ3v) is 3.80. The van der Waals surface area contributed by atoms with Crippen LogP contribution in [0.2, 0.25) is 0 Å². The Labute approximate surface area is 130 Å². The van der Waals surface area contributed by atoms with Crippen molar-refractivity contribution in [2.24, 2.45) is 0 Å². The van der Waals surface area contributed by atoms with Crippen molar-refractivity contribution in [3.05, 3.63) is 70.7 Å². The summed E-state index contributed by atoms with van der Waals surface area (Å²) in [6, 6.07) is 13.1. The minimum Gasteiger partial charge on any atom is -0.325 e. The Bertz CT molecular complexity index is 768. The fourth-order valence-electron chi connectivity index (χ4n) is 2.09. The topological polar surface area (TPSA) is 29.9 Å². The molecule has 1 heterocycles. The molecule has 0 aliphatic heterocycles. The molecule has 0 atom stereocenters. The number of hydrogen-bond donors (Lipinski definition) is 1. The second kappa shape index (κ2) is 5.69. The molecule has 1 aromatic heterocycles. The maximum Gasteiger partial charge on any atom is 0.212 e. The molecule has 0 aliphatic rings. The Kier molecular flexibility index (Phi) is 3.75. The molecule has 2 aromatic carbocycles. The zero-order valence-corrected chi connectivity index (χ0v) is 12.9. The van der Waals surface area contributed by atoms with E-state index in [1.165, 1.54) is 6.07 Å². The third-order valence-electron chi connectivity index (χ3n) is 3.19. The lowest BCUT2D eigenvalue weighted by Gasteiger charge is -2.12. The summed E-state index contributed by atoms with van der Waals surface area (Å²) in [5.74, 6) is 0.409. The average molecular weight is 346 g/mol. The highest BCUT2D eigenvalue weighted by molar-refractivity contribution is 9.10. The van der Waals surface area contributed by atoms with Gasteiger partial charge in [-0.3, -0.25) is 4.57 Å². The Morgan fingerprint density at radius 3 is 2.71 bits per heavy atom. The summed E-state index contributed by atoms with van der Waals surface area (Å²) in [5, 5.41) is 3.24. The molecule has 0 saturated heterocycles. The number of anilines is 2. The second-order valence-corrected chi connectivity index (χ2v) is 5.52. The maximum absolute atomic E-state index is 13.5. The summed E-state index contributed by atoms with van der Waals surface area (Å²) < 4.78 is 15.9. The molecule has 106 valence electrons. The van der Waals surface area contributed by atoms with Crippen molar-refractivity contribution in [2.75, 3.05) is 5.32 Å². The van der Waals surface area contributed by atoms with E-state index < -0.39 is 0 Å². The summed E-state index contributed by atoms with van der Waals surface area (Å²) in [6.07, 6.45) is 3.61. The van der Waals surface area contributed by atoms with Gasteiger partial charge in [-0.05, 0) is 52.7 Å². The minimum atomic E-state index is -0.274. The smallest absolute Gasteiger partial charge is 0.212 e. The Hall–Kier alpha value is -2.14. The first-order valence-electron chi connectivity index (χ1n) is 6.46. The highest BCUT2D eigenvalue weighted by Crippen LogP contribution is 2.27. The molecule has 0 radical (unpaired) electrons. The number of nitrogens with one attached hydrogen (secondary N) is 1. The first kappa shape index (κ1) is 13.8. The molecule has 0 saturated carbocycles. The first-order chi connectivity index (χ1) is 10.1. The Balaban J connectivity index is 1.97. The molecule has 0 spiro atoms. The zero-order chi connectivity index (χ0) is 14.8. The number of aryl methyl sites for hydroxylation is 1. The summed E-state index contributed by atoms with van der Waals surface area (Å²) in [4.78, 5) is 4.32. The van der Waals surface area contributed by atoms with Gasteiger partial charge in [0.05, 0.1) is 4.47 Å². The van der Waals surface area contributed by atoms with Gasteiger partial charge in [0, 0.05) is 23.8 Å². The number of nitrogens with zero attached hydrogens (tertiary/aromatic N) is 2. The molecule has 5 heteroatoms. The van der Waals surface area contributed by atoms with Crippen LogP contribution >= 0.6 is 15.9 Å². The summed E-state index contributed by atoms with van der Waals surface area (Å²) in [7, 11) is 0. The van der Waals surface area contributed by atoms with Crippen molar-refractivity contribution in [1.29, 1.82) is 0 Å². The van der Waals surface area contributed by atoms with E-state index in [2.05, 4.69) is 26.2 Å². The predicted molar refractivity (Wildman–Crippen MR) is 85.7 cm³/mol. The molecule has 0 amide bonds. The lowest BCUT2D eigenvalue weighted by atomic mass is 10.2. The fraction of sp³-hybridized carbons (Fsp3) is 0.0625. The van der Waals surface area contributed by atoms with Gasteiger partial charge in [0.1, 0.15) is 5.82 Å². The molecule has 0 aliphatic carbocycles. The van der Waals surface area contributed by atoms with E-state index in [1.807, 2.05) is 48.0 Å². The van der Waals surface area contributed by atoms with E-state index in [0.717, 1.165) is 16.9 Å². The highest BCUT2D eigenvalue weighted by atomic mass is 79.9. The maximum atomic E-state index is 13.5. The monoisotopic (exact) mass is 345 g/mol. The van der Waals surface area contributed by atoms with E-state index >= 15 is 0 Å². The van der Waals surface area contributed by atoms with Crippen LogP contribution in [0, 0.1) is 12.7 Å². The van der Waals surface area contributed by atoms with Gasteiger partial charge in [-0.1, -0.05) is 18.2 Å². The molecule has 0 bridgehead atoms. The standard InChI is InChI=1S/C16H13BrFN3/c1-11-9-14(18)13(17)10-15(11)20-16-19-7-8-21(16)12-5-3-2-4-6-12/h2-10H,1H3,(H,19,20). The van der Waals surface area contributed by atoms with Gasteiger partial charge in [0.25, 0.3) is 0 Å². The van der Waals surface area contributed by atoms with Crippen LogP contribution in [0.3, 0.4) is 0 Å². The van der Waals surface area contributed by atoms with E-state index in [4.69, 9.17) is 0 Å². The van der Waals surface area contributed by atoms with Gasteiger partial charge >= 0.3 is 0 Å². The largest absolute Gasteiger partial charge is 0.325 e. The molecule has 3 rings (SSSR count). The van der Waals surface area contributed by atoms with Crippen molar-refractivity contribution in [3.63, 3.8) is 0 Å². The summed E-state index contributed by atoms with van der Waals surface area (Å²) >= 11 is 3.21. The van der Waals surface area contributed by atoms with Crippen molar-refractivity contribution in [3.8, 4) is 5.69 Å². The van der Waals surface area contributed by atoms with Crippen LogP contribution in [-0.2, 0) is 0 Å². The Morgan fingerprint density at radius 1 is 1.19 bits per heavy atom. The van der Waals surface area contributed by atoms with Crippen LogP contribution in [-0.4, -0.2) is 9.55 Å². The molecule has 3 nitrogen and oxygen atoms in total. The molecule has 3 aromatic rings. The molecule has 0 fully saturated rings. The zero-order valence-electron chi connectivity index (χ0n) is 11.3. The van der Waals surface area contributed by atoms with Crippen LogP contribution in [0.25, 0.3) is 5.69 Å². The molecule has 21 heavy (non-hydrogen) atoms. The van der Waals surface area contributed by atoms with E-state index in [0.29, 0.717) is 10.4 Å². The van der Waals surface area contributed by atoms with E-state index in [9.17, 15) is 4.39 Å². The van der Waals surface area contributed by atoms with Gasteiger partial charge in [-0.25, -0.2) is 9.37 Å². The molecule has 1 N–H and O–H groups in total. The van der Waals surface area contributed by atoms with Gasteiger partial charge in [-0.2, -0.15) is 0 Å². The van der Waals surface area contributed by atoms with Crippen LogP contribution in [0.15, 0.2) is 59.3 Å². The Morgan fingerprint density at radius 2 is 1.95 bits per heavy atom. The number of para-hydroxylation sites is 1. The fourth-order valence-corrected chi connectivity index (χ4v) is 2.44. The number of aromatic nitrogens is 2. The molecular weight excluding hydrogens is 333 g/mol. The highest BCUT2D eigenvalue weighted by Gasteiger charge is 2.09. The second-order valence-electron chi connectivity index (χ2n) is 4.66. The number of imidazole rings is 1. The van der Waals surface area contributed by atoms with E-state index in [-0.39, 0.29) is 5.82 Å². The first-order valence-corrected chi connectivity index (χ1v) is 7.26. The van der Waals surface area contributed by atoms with Gasteiger partial charge < -0.3 is 5.32 Å². The van der Waals surface area contributed by atoms with Crippen molar-refractivity contribution < 1.29 is 4.39 Å². The van der Waals surface area contributed by atoms with Crippen LogP contribution in [0.1, 0.15) is 5.56 Å². The van der Waals surface area contributed by atoms with Crippen molar-refractivity contribution in [2.45, 2.75) is 6.92 Å². The van der Waals surface area contributed by atoms with Gasteiger partial charge in [0.15, 0.2) is 0 Å². The lowest BCUT2D eigenvalue weighted by Crippen LogP contribution is -2.02. The van der Waals surface area contributed by atoms with Crippen LogP contribution in [0.5, 0.6) is 0 Å². The molecular formula is C16H13BrFN3. The average Bonchev–Trinajstić information content (AvgIpc) is 2.94. The van der Waals surface area contributed by atoms with Crippen molar-refractivity contribution >= 4 is 27.6 Å². The number of rotatable bonds is 3. The van der Waals surface area contributed by atoms with E-state index in [1.54, 1.807) is 12.3 Å². The molecule has 0 unspecified atom stereocenters. The predicted octanol–water partition coefficient (Wildman–Crippen LogP) is 4.83. The normalized spacial score (nSPS) is 10.6.